The topological polar surface area (TPSA) is 41.1 Å². The molecule has 2 aromatic carbocycles. The molecular formula is C18H20F2N2O. The van der Waals surface area contributed by atoms with E-state index in [-0.39, 0.29) is 12.0 Å². The Morgan fingerprint density at radius 3 is 2.39 bits per heavy atom. The van der Waals surface area contributed by atoms with E-state index in [4.69, 9.17) is 0 Å². The van der Waals surface area contributed by atoms with E-state index in [1.807, 2.05) is 24.3 Å². The maximum Gasteiger partial charge on any atom is 0.319 e. The molecule has 0 fully saturated rings. The summed E-state index contributed by atoms with van der Waals surface area (Å²) in [6, 6.07) is 10.7. The fourth-order valence-electron chi connectivity index (χ4n) is 2.24. The highest BCUT2D eigenvalue weighted by atomic mass is 19.2. The number of carbonyl (C=O) groups excluding carboxylic acids is 1. The van der Waals surface area contributed by atoms with Crippen molar-refractivity contribution < 1.29 is 13.6 Å². The summed E-state index contributed by atoms with van der Waals surface area (Å²) in [7, 11) is 0. The summed E-state index contributed by atoms with van der Waals surface area (Å²) in [5.74, 6) is -1.83. The highest BCUT2D eigenvalue weighted by Crippen LogP contribution is 2.29. The molecule has 2 rings (SSSR count). The van der Waals surface area contributed by atoms with E-state index in [1.165, 1.54) is 6.07 Å². The van der Waals surface area contributed by atoms with Crippen LogP contribution in [0.3, 0.4) is 0 Å². The van der Waals surface area contributed by atoms with Crippen LogP contribution in [0.15, 0.2) is 42.5 Å². The summed E-state index contributed by atoms with van der Waals surface area (Å²) in [4.78, 5) is 12.0. The van der Waals surface area contributed by atoms with Crippen LogP contribution in [0.1, 0.15) is 31.9 Å². The quantitative estimate of drug-likeness (QED) is 0.854. The highest BCUT2D eigenvalue weighted by Gasteiger charge is 2.18. The number of para-hydroxylation sites is 1. The molecule has 122 valence electrons. The zero-order valence-corrected chi connectivity index (χ0v) is 13.4. The van der Waals surface area contributed by atoms with Gasteiger partial charge in [0.25, 0.3) is 0 Å². The lowest BCUT2D eigenvalue weighted by molar-refractivity contribution is 0.251. The molecule has 0 spiro atoms. The van der Waals surface area contributed by atoms with E-state index >= 15 is 0 Å². The molecule has 23 heavy (non-hydrogen) atoms. The fraction of sp³-hybridized carbons (Fsp3) is 0.278. The van der Waals surface area contributed by atoms with Crippen molar-refractivity contribution in [1.82, 2.24) is 5.32 Å². The van der Waals surface area contributed by atoms with Crippen molar-refractivity contribution in [2.75, 3.05) is 5.32 Å². The number of hydrogen-bond acceptors (Lipinski definition) is 1. The fourth-order valence-corrected chi connectivity index (χ4v) is 2.24. The third-order valence-electron chi connectivity index (χ3n) is 3.42. The second-order valence-corrected chi connectivity index (χ2v) is 6.35. The third-order valence-corrected chi connectivity index (χ3v) is 3.42. The van der Waals surface area contributed by atoms with Crippen LogP contribution in [-0.4, -0.2) is 6.03 Å². The molecule has 0 aromatic heterocycles. The first-order valence-corrected chi connectivity index (χ1v) is 7.35. The van der Waals surface area contributed by atoms with Crippen molar-refractivity contribution in [1.29, 1.82) is 0 Å². The first kappa shape index (κ1) is 16.9. The summed E-state index contributed by atoms with van der Waals surface area (Å²) in [6.45, 7) is 6.30. The van der Waals surface area contributed by atoms with Crippen LogP contribution in [0, 0.1) is 11.6 Å². The van der Waals surface area contributed by atoms with E-state index in [0.29, 0.717) is 5.56 Å². The van der Waals surface area contributed by atoms with Crippen molar-refractivity contribution in [2.45, 2.75) is 32.7 Å². The van der Waals surface area contributed by atoms with Gasteiger partial charge in [-0.25, -0.2) is 13.6 Å². The van der Waals surface area contributed by atoms with Gasteiger partial charge in [-0.3, -0.25) is 0 Å². The summed E-state index contributed by atoms with van der Waals surface area (Å²) in [5, 5.41) is 5.43. The number of hydrogen-bond donors (Lipinski definition) is 2. The number of nitrogens with one attached hydrogen (secondary N) is 2. The Kier molecular flexibility index (Phi) is 4.98. The Hall–Kier alpha value is -2.43. The van der Waals surface area contributed by atoms with Gasteiger partial charge in [-0.05, 0) is 34.7 Å². The number of anilines is 1. The maximum atomic E-state index is 13.1. The molecule has 0 heterocycles. The van der Waals surface area contributed by atoms with Crippen molar-refractivity contribution >= 4 is 11.7 Å². The normalized spacial score (nSPS) is 11.2. The van der Waals surface area contributed by atoms with Crippen molar-refractivity contribution in [3.05, 3.63) is 65.2 Å². The molecule has 0 radical (unpaired) electrons. The van der Waals surface area contributed by atoms with Crippen LogP contribution in [0.5, 0.6) is 0 Å². The minimum Gasteiger partial charge on any atom is -0.334 e. The van der Waals surface area contributed by atoms with E-state index in [1.54, 1.807) is 0 Å². The molecule has 0 aliphatic heterocycles. The maximum absolute atomic E-state index is 13.1. The molecule has 0 unspecified atom stereocenters. The molecule has 0 saturated carbocycles. The Morgan fingerprint density at radius 1 is 1.04 bits per heavy atom. The monoisotopic (exact) mass is 318 g/mol. The Bertz CT molecular complexity index is 708. The van der Waals surface area contributed by atoms with Crippen LogP contribution in [-0.2, 0) is 12.0 Å². The summed E-state index contributed by atoms with van der Waals surface area (Å²) >= 11 is 0. The minimum atomic E-state index is -0.928. The number of carbonyl (C=O) groups is 1. The first-order valence-electron chi connectivity index (χ1n) is 7.35. The number of amides is 2. The summed E-state index contributed by atoms with van der Waals surface area (Å²) < 4.78 is 26.0. The van der Waals surface area contributed by atoms with Gasteiger partial charge >= 0.3 is 6.03 Å². The molecule has 5 heteroatoms. The number of halogens is 2. The lowest BCUT2D eigenvalue weighted by Crippen LogP contribution is -2.29. The van der Waals surface area contributed by atoms with Gasteiger partial charge in [0.1, 0.15) is 0 Å². The van der Waals surface area contributed by atoms with Crippen molar-refractivity contribution in [3.8, 4) is 0 Å². The molecule has 2 amide bonds. The van der Waals surface area contributed by atoms with E-state index < -0.39 is 17.7 Å². The van der Waals surface area contributed by atoms with Crippen LogP contribution < -0.4 is 10.6 Å². The van der Waals surface area contributed by atoms with Crippen molar-refractivity contribution in [2.24, 2.45) is 0 Å². The largest absolute Gasteiger partial charge is 0.334 e. The Morgan fingerprint density at radius 2 is 1.74 bits per heavy atom. The number of urea groups is 1. The lowest BCUT2D eigenvalue weighted by Gasteiger charge is -2.23. The van der Waals surface area contributed by atoms with Gasteiger partial charge in [-0.15, -0.1) is 0 Å². The van der Waals surface area contributed by atoms with Gasteiger partial charge in [0, 0.05) is 12.2 Å². The molecular weight excluding hydrogens is 298 g/mol. The van der Waals surface area contributed by atoms with E-state index in [0.717, 1.165) is 23.4 Å². The Balaban J connectivity index is 2.02. The number of benzene rings is 2. The van der Waals surface area contributed by atoms with E-state index in [9.17, 15) is 13.6 Å². The second kappa shape index (κ2) is 6.77. The zero-order chi connectivity index (χ0) is 17.0. The molecule has 2 aromatic rings. The highest BCUT2D eigenvalue weighted by molar-refractivity contribution is 5.90. The molecule has 0 aliphatic rings. The molecule has 2 N–H and O–H groups in total. The zero-order valence-electron chi connectivity index (χ0n) is 13.4. The van der Waals surface area contributed by atoms with Crippen LogP contribution in [0.25, 0.3) is 0 Å². The van der Waals surface area contributed by atoms with Crippen LogP contribution in [0.2, 0.25) is 0 Å². The van der Waals surface area contributed by atoms with E-state index in [2.05, 4.69) is 31.4 Å². The van der Waals surface area contributed by atoms with Crippen LogP contribution >= 0.6 is 0 Å². The summed E-state index contributed by atoms with van der Waals surface area (Å²) in [5.41, 5.74) is 2.12. The average Bonchev–Trinajstić information content (AvgIpc) is 2.48. The standard InChI is InChI=1S/C18H20F2N2O/c1-18(2,3)13-6-4-5-7-16(13)22-17(23)21-11-12-8-9-14(19)15(20)10-12/h4-10H,11H2,1-3H3,(H2,21,22,23). The lowest BCUT2D eigenvalue weighted by atomic mass is 9.86. The predicted octanol–water partition coefficient (Wildman–Crippen LogP) is 4.58. The first-order chi connectivity index (χ1) is 10.8. The minimum absolute atomic E-state index is 0.107. The van der Waals surface area contributed by atoms with Crippen molar-refractivity contribution in [3.63, 3.8) is 0 Å². The van der Waals surface area contributed by atoms with Gasteiger partial charge < -0.3 is 10.6 Å². The smallest absolute Gasteiger partial charge is 0.319 e. The predicted molar refractivity (Wildman–Crippen MR) is 87.4 cm³/mol. The number of rotatable bonds is 3. The van der Waals surface area contributed by atoms with Gasteiger partial charge in [-0.2, -0.15) is 0 Å². The SMILES string of the molecule is CC(C)(C)c1ccccc1NC(=O)NCc1ccc(F)c(F)c1. The van der Waals surface area contributed by atoms with Gasteiger partial charge in [0.2, 0.25) is 0 Å². The third kappa shape index (κ3) is 4.52. The molecule has 0 bridgehead atoms. The molecule has 0 saturated heterocycles. The average molecular weight is 318 g/mol. The summed E-state index contributed by atoms with van der Waals surface area (Å²) in [6.07, 6.45) is 0. The van der Waals surface area contributed by atoms with Gasteiger partial charge in [0.15, 0.2) is 11.6 Å². The molecule has 0 aliphatic carbocycles. The van der Waals surface area contributed by atoms with Crippen LogP contribution in [0.4, 0.5) is 19.3 Å². The van der Waals surface area contributed by atoms with Gasteiger partial charge in [0.05, 0.1) is 0 Å². The molecule has 0 atom stereocenters. The molecule has 3 nitrogen and oxygen atoms in total. The second-order valence-electron chi connectivity index (χ2n) is 6.35. The Labute approximate surface area is 134 Å². The van der Waals surface area contributed by atoms with Gasteiger partial charge in [-0.1, -0.05) is 45.0 Å².